The summed E-state index contributed by atoms with van der Waals surface area (Å²) in [6, 6.07) is 7.46. The Labute approximate surface area is 139 Å². The zero-order valence-electron chi connectivity index (χ0n) is 13.5. The minimum absolute atomic E-state index is 0.0215. The normalized spacial score (nSPS) is 33.2. The van der Waals surface area contributed by atoms with E-state index >= 15 is 0 Å². The van der Waals surface area contributed by atoms with E-state index in [-0.39, 0.29) is 29.1 Å². The first kappa shape index (κ1) is 14.9. The maximum Gasteiger partial charge on any atom is 0.235 e. The number of amides is 1. The number of rotatable bonds is 2. The van der Waals surface area contributed by atoms with Gasteiger partial charge in [0, 0.05) is 11.6 Å². The molecular weight excluding hydrogens is 307 g/mol. The molecule has 4 rings (SSSR count). The highest BCUT2D eigenvalue weighted by Crippen LogP contribution is 2.65. The van der Waals surface area contributed by atoms with Crippen molar-refractivity contribution in [3.63, 3.8) is 0 Å². The third-order valence-electron chi connectivity index (χ3n) is 5.68. The highest BCUT2D eigenvalue weighted by atomic mass is 19.1. The first-order valence-corrected chi connectivity index (χ1v) is 8.01. The molecule has 5 heteroatoms. The van der Waals surface area contributed by atoms with Crippen molar-refractivity contribution in [1.29, 1.82) is 5.26 Å². The molecule has 4 atom stereocenters. The molecule has 24 heavy (non-hydrogen) atoms. The van der Waals surface area contributed by atoms with Gasteiger partial charge in [-0.05, 0) is 48.1 Å². The Hall–Kier alpha value is -2.61. The van der Waals surface area contributed by atoms with E-state index in [1.54, 1.807) is 20.1 Å². The Balaban J connectivity index is 1.70. The van der Waals surface area contributed by atoms with Crippen molar-refractivity contribution in [2.45, 2.75) is 18.8 Å². The van der Waals surface area contributed by atoms with Gasteiger partial charge in [0.05, 0.1) is 18.1 Å². The number of hydrogen-bond donors (Lipinski definition) is 1. The molecule has 2 aliphatic carbocycles. The van der Waals surface area contributed by atoms with Gasteiger partial charge < -0.3 is 10.1 Å². The fourth-order valence-corrected chi connectivity index (χ4v) is 4.25. The fourth-order valence-electron chi connectivity index (χ4n) is 4.25. The topological polar surface area (TPSA) is 62.1 Å². The second-order valence-electron chi connectivity index (χ2n) is 6.75. The van der Waals surface area contributed by atoms with E-state index in [0.717, 1.165) is 11.3 Å². The number of methoxy groups -OCH3 is 1. The van der Waals surface area contributed by atoms with E-state index in [2.05, 4.69) is 5.32 Å². The van der Waals surface area contributed by atoms with Gasteiger partial charge in [-0.3, -0.25) is 4.79 Å². The van der Waals surface area contributed by atoms with Crippen LogP contribution >= 0.6 is 0 Å². The van der Waals surface area contributed by atoms with Crippen LogP contribution in [0.4, 0.5) is 10.1 Å². The molecule has 1 spiro atoms. The van der Waals surface area contributed by atoms with Crippen LogP contribution in [0.25, 0.3) is 0 Å². The smallest absolute Gasteiger partial charge is 0.235 e. The number of halogens is 1. The SMILES string of the molecule is COc1ccc2c(c1)[C@]1(C[C@@H]1C1C=CC(C#N)=C(F)C1C)C(=O)N2. The largest absolute Gasteiger partial charge is 0.497 e. The number of benzene rings is 1. The number of nitrogens with one attached hydrogen (secondary N) is 1. The second-order valence-corrected chi connectivity index (χ2v) is 6.75. The molecule has 1 fully saturated rings. The third-order valence-corrected chi connectivity index (χ3v) is 5.68. The summed E-state index contributed by atoms with van der Waals surface area (Å²) < 4.78 is 19.6. The summed E-state index contributed by atoms with van der Waals surface area (Å²) in [5.74, 6) is -0.145. The molecule has 0 bridgehead atoms. The predicted molar refractivity (Wildman–Crippen MR) is 86.9 cm³/mol. The summed E-state index contributed by atoms with van der Waals surface area (Å²) in [4.78, 5) is 12.6. The van der Waals surface area contributed by atoms with Crippen molar-refractivity contribution < 1.29 is 13.9 Å². The maximum atomic E-state index is 14.4. The van der Waals surface area contributed by atoms with Gasteiger partial charge in [0.25, 0.3) is 0 Å². The van der Waals surface area contributed by atoms with Crippen LogP contribution in [0.15, 0.2) is 41.8 Å². The Bertz CT molecular complexity index is 851. The number of ether oxygens (including phenoxy) is 1. The highest BCUT2D eigenvalue weighted by molar-refractivity contribution is 6.09. The summed E-state index contributed by atoms with van der Waals surface area (Å²) in [6.07, 6.45) is 4.12. The third kappa shape index (κ3) is 1.80. The first-order valence-electron chi connectivity index (χ1n) is 8.01. The summed E-state index contributed by atoms with van der Waals surface area (Å²) >= 11 is 0. The number of fused-ring (bicyclic) bond motifs is 2. The minimum Gasteiger partial charge on any atom is -0.497 e. The Morgan fingerprint density at radius 2 is 2.25 bits per heavy atom. The molecule has 1 amide bonds. The first-order chi connectivity index (χ1) is 11.5. The van der Waals surface area contributed by atoms with Gasteiger partial charge in [0.2, 0.25) is 5.91 Å². The lowest BCUT2D eigenvalue weighted by atomic mass is 9.79. The lowest BCUT2D eigenvalue weighted by Crippen LogP contribution is -2.27. The summed E-state index contributed by atoms with van der Waals surface area (Å²) in [5.41, 5.74) is 1.24. The van der Waals surface area contributed by atoms with Gasteiger partial charge in [-0.1, -0.05) is 13.0 Å². The van der Waals surface area contributed by atoms with Crippen molar-refractivity contribution in [1.82, 2.24) is 0 Å². The lowest BCUT2D eigenvalue weighted by molar-refractivity contribution is -0.118. The molecule has 3 aliphatic rings. The number of carbonyl (C=O) groups is 1. The Morgan fingerprint density at radius 1 is 1.46 bits per heavy atom. The monoisotopic (exact) mass is 324 g/mol. The average Bonchev–Trinajstić information content (AvgIpc) is 3.27. The summed E-state index contributed by atoms with van der Waals surface area (Å²) in [5, 5.41) is 11.9. The maximum absolute atomic E-state index is 14.4. The summed E-state index contributed by atoms with van der Waals surface area (Å²) in [7, 11) is 1.60. The molecule has 1 N–H and O–H groups in total. The van der Waals surface area contributed by atoms with Crippen LogP contribution < -0.4 is 10.1 Å². The lowest BCUT2D eigenvalue weighted by Gasteiger charge is -2.25. The highest BCUT2D eigenvalue weighted by Gasteiger charge is 2.67. The van der Waals surface area contributed by atoms with Gasteiger partial charge in [0.1, 0.15) is 17.6 Å². The van der Waals surface area contributed by atoms with E-state index in [1.807, 2.05) is 30.3 Å². The van der Waals surface area contributed by atoms with Crippen LogP contribution in [0.5, 0.6) is 5.75 Å². The fraction of sp³-hybridized carbons (Fsp3) is 0.368. The molecule has 0 saturated heterocycles. The molecule has 2 unspecified atom stereocenters. The van der Waals surface area contributed by atoms with Gasteiger partial charge in [-0.25, -0.2) is 4.39 Å². The van der Waals surface area contributed by atoms with Crippen LogP contribution in [0.1, 0.15) is 18.9 Å². The van der Waals surface area contributed by atoms with Gasteiger partial charge in [0.15, 0.2) is 0 Å². The predicted octanol–water partition coefficient (Wildman–Crippen LogP) is 3.47. The van der Waals surface area contributed by atoms with Crippen molar-refractivity contribution in [2.24, 2.45) is 17.8 Å². The van der Waals surface area contributed by atoms with Gasteiger partial charge in [-0.15, -0.1) is 0 Å². The number of hydrogen-bond acceptors (Lipinski definition) is 3. The quantitative estimate of drug-likeness (QED) is 0.906. The van der Waals surface area contributed by atoms with Crippen LogP contribution in [-0.2, 0) is 10.2 Å². The molecule has 1 heterocycles. The van der Waals surface area contributed by atoms with Crippen LogP contribution in [0, 0.1) is 29.1 Å². The Kier molecular flexibility index (Phi) is 3.08. The van der Waals surface area contributed by atoms with Gasteiger partial charge >= 0.3 is 0 Å². The molecule has 1 aromatic rings. The van der Waals surface area contributed by atoms with Crippen LogP contribution in [-0.4, -0.2) is 13.0 Å². The van der Waals surface area contributed by atoms with Gasteiger partial charge in [-0.2, -0.15) is 5.26 Å². The summed E-state index contributed by atoms with van der Waals surface area (Å²) in [6.45, 7) is 1.78. The number of anilines is 1. The average molecular weight is 324 g/mol. The second kappa shape index (κ2) is 4.94. The zero-order chi connectivity index (χ0) is 17.1. The van der Waals surface area contributed by atoms with Crippen molar-refractivity contribution >= 4 is 11.6 Å². The van der Waals surface area contributed by atoms with E-state index in [1.165, 1.54) is 0 Å². The molecule has 1 aromatic carbocycles. The molecule has 4 nitrogen and oxygen atoms in total. The number of nitrogens with zero attached hydrogens (tertiary/aromatic N) is 1. The van der Waals surface area contributed by atoms with Crippen molar-refractivity contribution in [2.75, 3.05) is 12.4 Å². The molecule has 1 aliphatic heterocycles. The van der Waals surface area contributed by atoms with Crippen LogP contribution in [0.2, 0.25) is 0 Å². The molecule has 0 radical (unpaired) electrons. The standard InChI is InChI=1S/C19H17FN2O2/c1-10-13(5-3-11(9-21)17(10)20)15-8-19(15)14-7-12(24-2)4-6-16(14)22-18(19)23/h3-7,10,13,15H,8H2,1-2H3,(H,22,23)/t10?,13?,15-,19+/m1/s1. The number of allylic oxidation sites excluding steroid dienone is 4. The van der Waals surface area contributed by atoms with Crippen molar-refractivity contribution in [3.05, 3.63) is 47.3 Å². The molecule has 122 valence electrons. The van der Waals surface area contributed by atoms with Crippen LogP contribution in [0.3, 0.4) is 0 Å². The Morgan fingerprint density at radius 3 is 2.96 bits per heavy atom. The molecule has 1 saturated carbocycles. The van der Waals surface area contributed by atoms with E-state index in [4.69, 9.17) is 10.00 Å². The zero-order valence-corrected chi connectivity index (χ0v) is 13.5. The van der Waals surface area contributed by atoms with E-state index in [9.17, 15) is 9.18 Å². The van der Waals surface area contributed by atoms with Crippen molar-refractivity contribution in [3.8, 4) is 11.8 Å². The minimum atomic E-state index is -0.600. The number of carbonyl (C=O) groups excluding carboxylic acids is 1. The molecular formula is C19H17FN2O2. The van der Waals surface area contributed by atoms with E-state index < -0.39 is 11.3 Å². The van der Waals surface area contributed by atoms with E-state index in [0.29, 0.717) is 12.2 Å². The number of nitriles is 1. The molecule has 0 aromatic heterocycles.